The number of carbonyl (C=O) groups is 1. The topological polar surface area (TPSA) is 29.5 Å². The monoisotopic (exact) mass is 429 g/mol. The zero-order valence-corrected chi connectivity index (χ0v) is 18.0. The summed E-state index contributed by atoms with van der Waals surface area (Å²) in [5.41, 5.74) is 1.28. The highest BCUT2D eigenvalue weighted by Crippen LogP contribution is 2.49. The average Bonchev–Trinajstić information content (AvgIpc) is 3.52. The summed E-state index contributed by atoms with van der Waals surface area (Å²) in [6, 6.07) is 15.4. The van der Waals surface area contributed by atoms with Crippen molar-refractivity contribution < 1.29 is 9.53 Å². The number of benzene rings is 2. The highest BCUT2D eigenvalue weighted by Gasteiger charge is 2.53. The predicted molar refractivity (Wildman–Crippen MR) is 117 cm³/mol. The third-order valence-electron chi connectivity index (χ3n) is 6.01. The van der Waals surface area contributed by atoms with Gasteiger partial charge in [0, 0.05) is 23.0 Å². The van der Waals surface area contributed by atoms with E-state index in [2.05, 4.69) is 13.5 Å². The highest BCUT2D eigenvalue weighted by atomic mass is 35.5. The lowest BCUT2D eigenvalue weighted by atomic mass is 9.78. The molecule has 1 heterocycles. The van der Waals surface area contributed by atoms with Crippen LogP contribution in [0.4, 0.5) is 0 Å². The Hall–Kier alpha value is -1.81. The lowest BCUT2D eigenvalue weighted by molar-refractivity contribution is -0.192. The first-order valence-electron chi connectivity index (χ1n) is 10.0. The summed E-state index contributed by atoms with van der Waals surface area (Å²) < 4.78 is 6.46. The molecule has 152 valence electrons. The van der Waals surface area contributed by atoms with Gasteiger partial charge in [0.15, 0.2) is 0 Å². The Labute approximate surface area is 182 Å². The van der Waals surface area contributed by atoms with Crippen molar-refractivity contribution in [3.8, 4) is 0 Å². The Morgan fingerprint density at radius 1 is 1.17 bits per heavy atom. The minimum Gasteiger partial charge on any atom is -0.357 e. The van der Waals surface area contributed by atoms with Gasteiger partial charge in [-0.25, -0.2) is 0 Å². The van der Waals surface area contributed by atoms with E-state index >= 15 is 0 Å². The molecular weight excluding hydrogens is 405 g/mol. The SMILES string of the molecule is C=CCC1OC(c2cccc(Cl)c2)[C@@](C)(c2ccc(Cl)cc2)N(CC2CC2)C1=O. The minimum absolute atomic E-state index is 0.0209. The van der Waals surface area contributed by atoms with Gasteiger partial charge < -0.3 is 9.64 Å². The average molecular weight is 430 g/mol. The van der Waals surface area contributed by atoms with Crippen LogP contribution in [0.1, 0.15) is 43.4 Å². The largest absolute Gasteiger partial charge is 0.357 e. The number of rotatable bonds is 6. The zero-order chi connectivity index (χ0) is 20.6. The van der Waals surface area contributed by atoms with E-state index in [1.165, 1.54) is 0 Å². The summed E-state index contributed by atoms with van der Waals surface area (Å²) in [5.74, 6) is 0.570. The molecule has 1 aliphatic heterocycles. The van der Waals surface area contributed by atoms with Gasteiger partial charge in [0.05, 0.1) is 5.54 Å². The molecule has 1 saturated carbocycles. The Kier molecular flexibility index (Phi) is 5.74. The molecule has 0 aromatic heterocycles. The van der Waals surface area contributed by atoms with Gasteiger partial charge in [-0.3, -0.25) is 4.79 Å². The van der Waals surface area contributed by atoms with E-state index in [1.807, 2.05) is 53.4 Å². The quantitative estimate of drug-likeness (QED) is 0.514. The molecule has 2 aromatic carbocycles. The van der Waals surface area contributed by atoms with E-state index in [9.17, 15) is 4.79 Å². The van der Waals surface area contributed by atoms with Crippen LogP contribution in [0.15, 0.2) is 61.2 Å². The molecule has 1 amide bonds. The molecule has 1 saturated heterocycles. The molecule has 1 aliphatic carbocycles. The molecule has 2 unspecified atom stereocenters. The number of ether oxygens (including phenoxy) is 1. The fourth-order valence-corrected chi connectivity index (χ4v) is 4.54. The van der Waals surface area contributed by atoms with E-state index in [4.69, 9.17) is 27.9 Å². The van der Waals surface area contributed by atoms with Crippen molar-refractivity contribution in [2.75, 3.05) is 6.54 Å². The molecule has 5 heteroatoms. The summed E-state index contributed by atoms with van der Waals surface area (Å²) >= 11 is 12.5. The van der Waals surface area contributed by atoms with Gasteiger partial charge in [0.1, 0.15) is 12.2 Å². The number of halogens is 2. The molecule has 29 heavy (non-hydrogen) atoms. The first-order valence-corrected chi connectivity index (χ1v) is 10.8. The number of hydrogen-bond acceptors (Lipinski definition) is 2. The van der Waals surface area contributed by atoms with Crippen molar-refractivity contribution in [3.63, 3.8) is 0 Å². The van der Waals surface area contributed by atoms with Crippen LogP contribution in [-0.2, 0) is 15.1 Å². The number of nitrogens with zero attached hydrogens (tertiary/aromatic N) is 1. The maximum atomic E-state index is 13.5. The molecule has 4 rings (SSSR count). The van der Waals surface area contributed by atoms with Crippen LogP contribution in [0, 0.1) is 5.92 Å². The van der Waals surface area contributed by atoms with Crippen LogP contribution in [0.3, 0.4) is 0 Å². The molecule has 0 spiro atoms. The number of hydrogen-bond donors (Lipinski definition) is 0. The van der Waals surface area contributed by atoms with E-state index < -0.39 is 11.6 Å². The molecule has 2 aromatic rings. The van der Waals surface area contributed by atoms with Crippen molar-refractivity contribution in [3.05, 3.63) is 82.4 Å². The summed E-state index contributed by atoms with van der Waals surface area (Å²) in [7, 11) is 0. The van der Waals surface area contributed by atoms with Crippen LogP contribution in [0.2, 0.25) is 10.0 Å². The summed E-state index contributed by atoms with van der Waals surface area (Å²) in [6.45, 7) is 6.63. The maximum absolute atomic E-state index is 13.5. The highest BCUT2D eigenvalue weighted by molar-refractivity contribution is 6.30. The smallest absolute Gasteiger partial charge is 0.252 e. The molecule has 0 radical (unpaired) electrons. The lowest BCUT2D eigenvalue weighted by Crippen LogP contribution is -2.60. The second-order valence-electron chi connectivity index (χ2n) is 8.13. The van der Waals surface area contributed by atoms with E-state index in [1.54, 1.807) is 6.08 Å². The van der Waals surface area contributed by atoms with Crippen LogP contribution >= 0.6 is 23.2 Å². The summed E-state index contributed by atoms with van der Waals surface area (Å²) in [4.78, 5) is 15.5. The fraction of sp³-hybridized carbons (Fsp3) is 0.375. The van der Waals surface area contributed by atoms with Crippen LogP contribution < -0.4 is 0 Å². The van der Waals surface area contributed by atoms with E-state index in [-0.39, 0.29) is 12.0 Å². The van der Waals surface area contributed by atoms with Gasteiger partial charge in [-0.2, -0.15) is 0 Å². The van der Waals surface area contributed by atoms with Crippen molar-refractivity contribution >= 4 is 29.1 Å². The number of amides is 1. The Balaban J connectivity index is 1.86. The van der Waals surface area contributed by atoms with Gasteiger partial charge in [-0.1, -0.05) is 53.5 Å². The summed E-state index contributed by atoms with van der Waals surface area (Å²) in [6.07, 6.45) is 3.65. The Bertz CT molecular complexity index is 909. The first kappa shape index (κ1) is 20.5. The van der Waals surface area contributed by atoms with Crippen LogP contribution in [0.25, 0.3) is 0 Å². The third kappa shape index (κ3) is 3.96. The second-order valence-corrected chi connectivity index (χ2v) is 9.00. The second kappa shape index (κ2) is 8.14. The molecule has 3 nitrogen and oxygen atoms in total. The van der Waals surface area contributed by atoms with Gasteiger partial charge in [-0.15, -0.1) is 6.58 Å². The van der Waals surface area contributed by atoms with Crippen molar-refractivity contribution in [2.24, 2.45) is 5.92 Å². The van der Waals surface area contributed by atoms with Crippen molar-refractivity contribution in [1.82, 2.24) is 4.90 Å². The number of morpholine rings is 1. The Morgan fingerprint density at radius 3 is 2.52 bits per heavy atom. The molecule has 3 atom stereocenters. The summed E-state index contributed by atoms with van der Waals surface area (Å²) in [5, 5.41) is 1.31. The molecule has 0 N–H and O–H groups in total. The van der Waals surface area contributed by atoms with Gasteiger partial charge in [-0.05, 0) is 61.1 Å². The van der Waals surface area contributed by atoms with Gasteiger partial charge in [0.25, 0.3) is 5.91 Å². The van der Waals surface area contributed by atoms with Crippen molar-refractivity contribution in [2.45, 2.75) is 43.9 Å². The molecule has 0 bridgehead atoms. The van der Waals surface area contributed by atoms with Crippen LogP contribution in [-0.4, -0.2) is 23.5 Å². The maximum Gasteiger partial charge on any atom is 0.252 e. The fourth-order valence-electron chi connectivity index (χ4n) is 4.21. The molecule has 2 fully saturated rings. The lowest BCUT2D eigenvalue weighted by Gasteiger charge is -2.52. The molecular formula is C24H25Cl2NO2. The van der Waals surface area contributed by atoms with Gasteiger partial charge >= 0.3 is 0 Å². The van der Waals surface area contributed by atoms with Gasteiger partial charge in [0.2, 0.25) is 0 Å². The molecule has 2 aliphatic rings. The van der Waals surface area contributed by atoms with Crippen LogP contribution in [0.5, 0.6) is 0 Å². The standard InChI is InChI=1S/C24H25Cl2NO2/c1-3-5-21-23(28)27(15-16-8-9-16)24(2,18-10-12-19(25)13-11-18)22(29-21)17-6-4-7-20(26)14-17/h3-4,6-7,10-14,16,21-22H,1,5,8-9,15H2,2H3/t21?,22?,24-/m1/s1. The van der Waals surface area contributed by atoms with E-state index in [0.29, 0.717) is 22.4 Å². The zero-order valence-electron chi connectivity index (χ0n) is 16.5. The Morgan fingerprint density at radius 2 is 1.90 bits per heavy atom. The first-order chi connectivity index (χ1) is 13.9. The predicted octanol–water partition coefficient (Wildman–Crippen LogP) is 6.16. The normalized spacial score (nSPS) is 27.1. The number of carbonyl (C=O) groups excluding carboxylic acids is 1. The van der Waals surface area contributed by atoms with E-state index in [0.717, 1.165) is 30.5 Å². The minimum atomic E-state index is -0.674. The third-order valence-corrected chi connectivity index (χ3v) is 6.50. The van der Waals surface area contributed by atoms with Crippen molar-refractivity contribution in [1.29, 1.82) is 0 Å².